The van der Waals surface area contributed by atoms with E-state index in [2.05, 4.69) is 23.1 Å². The number of carbonyl (C=O) groups excluding carboxylic acids is 1. The second kappa shape index (κ2) is 9.51. The van der Waals surface area contributed by atoms with Gasteiger partial charge in [0.2, 0.25) is 5.91 Å². The summed E-state index contributed by atoms with van der Waals surface area (Å²) in [5, 5.41) is 0. The number of aryl methyl sites for hydroxylation is 1. The van der Waals surface area contributed by atoms with Crippen molar-refractivity contribution in [3.63, 3.8) is 0 Å². The van der Waals surface area contributed by atoms with Crippen molar-refractivity contribution in [1.82, 2.24) is 9.80 Å². The SMILES string of the molecule is CN1CC2(CCCCc3ccccc3OCCCC1=O)CCN(CC1CC1)CC2. The highest BCUT2D eigenvalue weighted by molar-refractivity contribution is 5.75. The van der Waals surface area contributed by atoms with Crippen LogP contribution in [-0.2, 0) is 11.2 Å². The standard InChI is InChI=1S/C25H38N2O2/c1-26-20-25(14-16-27(17-15-25)19-21-11-12-21)13-5-4-8-22-7-2-3-9-23(22)29-18-6-10-24(26)28/h2-3,7,9,21H,4-6,8,10-20H2,1H3. The molecule has 29 heavy (non-hydrogen) atoms. The third-order valence-electron chi connectivity index (χ3n) is 7.30. The van der Waals surface area contributed by atoms with Crippen LogP contribution in [0, 0.1) is 11.3 Å². The number of likely N-dealkylation sites (tertiary alicyclic amines) is 1. The van der Waals surface area contributed by atoms with Gasteiger partial charge >= 0.3 is 0 Å². The van der Waals surface area contributed by atoms with Crippen LogP contribution in [0.15, 0.2) is 24.3 Å². The molecular weight excluding hydrogens is 360 g/mol. The Kier molecular flexibility index (Phi) is 6.79. The van der Waals surface area contributed by atoms with Crippen LogP contribution in [-0.4, -0.2) is 55.5 Å². The average molecular weight is 399 g/mol. The second-order valence-electron chi connectivity index (χ2n) is 9.76. The first kappa shape index (κ1) is 20.7. The van der Waals surface area contributed by atoms with Crippen LogP contribution >= 0.6 is 0 Å². The highest BCUT2D eigenvalue weighted by Gasteiger charge is 2.37. The van der Waals surface area contributed by atoms with Crippen molar-refractivity contribution in [3.05, 3.63) is 29.8 Å². The first-order chi connectivity index (χ1) is 14.1. The molecule has 0 atom stereocenters. The summed E-state index contributed by atoms with van der Waals surface area (Å²) in [6.45, 7) is 5.30. The summed E-state index contributed by atoms with van der Waals surface area (Å²) in [7, 11) is 2.02. The molecule has 4 nitrogen and oxygen atoms in total. The Morgan fingerprint density at radius 1 is 1.03 bits per heavy atom. The van der Waals surface area contributed by atoms with E-state index in [1.54, 1.807) is 0 Å². The molecule has 0 bridgehead atoms. The van der Waals surface area contributed by atoms with Crippen LogP contribution in [0.2, 0.25) is 0 Å². The number of fused-ring (bicyclic) bond motifs is 1. The Hall–Kier alpha value is -1.55. The lowest BCUT2D eigenvalue weighted by Crippen LogP contribution is -2.47. The minimum Gasteiger partial charge on any atom is -0.493 e. The Morgan fingerprint density at radius 2 is 1.83 bits per heavy atom. The normalized spacial score (nSPS) is 24.6. The van der Waals surface area contributed by atoms with Crippen LogP contribution in [0.5, 0.6) is 5.75 Å². The van der Waals surface area contributed by atoms with E-state index in [-0.39, 0.29) is 5.91 Å². The number of nitrogens with zero attached hydrogens (tertiary/aromatic N) is 2. The summed E-state index contributed by atoms with van der Waals surface area (Å²) in [4.78, 5) is 17.4. The van der Waals surface area contributed by atoms with Gasteiger partial charge in [0.25, 0.3) is 0 Å². The predicted octanol–water partition coefficient (Wildman–Crippen LogP) is 4.52. The van der Waals surface area contributed by atoms with Crippen LogP contribution < -0.4 is 4.74 Å². The van der Waals surface area contributed by atoms with Crippen LogP contribution in [0.4, 0.5) is 0 Å². The molecule has 1 aromatic carbocycles. The predicted molar refractivity (Wildman–Crippen MR) is 117 cm³/mol. The van der Waals surface area contributed by atoms with Crippen molar-refractivity contribution in [3.8, 4) is 5.75 Å². The lowest BCUT2D eigenvalue weighted by Gasteiger charge is -2.44. The third kappa shape index (κ3) is 5.75. The molecule has 1 amide bonds. The van der Waals surface area contributed by atoms with E-state index in [4.69, 9.17) is 4.74 Å². The molecule has 0 unspecified atom stereocenters. The van der Waals surface area contributed by atoms with E-state index in [1.165, 1.54) is 70.1 Å². The quantitative estimate of drug-likeness (QED) is 0.734. The van der Waals surface area contributed by atoms with Gasteiger partial charge in [0.15, 0.2) is 0 Å². The second-order valence-corrected chi connectivity index (χ2v) is 9.76. The van der Waals surface area contributed by atoms with Crippen molar-refractivity contribution in [2.75, 3.05) is 39.8 Å². The Labute approximate surface area is 176 Å². The number of para-hydroxylation sites is 1. The van der Waals surface area contributed by atoms with Crippen molar-refractivity contribution in [1.29, 1.82) is 0 Å². The zero-order valence-corrected chi connectivity index (χ0v) is 18.2. The first-order valence-corrected chi connectivity index (χ1v) is 11.8. The summed E-state index contributed by atoms with van der Waals surface area (Å²) >= 11 is 0. The largest absolute Gasteiger partial charge is 0.493 e. The van der Waals surface area contributed by atoms with E-state index >= 15 is 0 Å². The smallest absolute Gasteiger partial charge is 0.222 e. The molecule has 1 spiro atoms. The maximum atomic E-state index is 12.7. The molecule has 1 saturated carbocycles. The first-order valence-electron chi connectivity index (χ1n) is 11.8. The van der Waals surface area contributed by atoms with Gasteiger partial charge in [-0.05, 0) is 87.4 Å². The monoisotopic (exact) mass is 398 g/mol. The molecule has 2 heterocycles. The molecule has 2 fully saturated rings. The van der Waals surface area contributed by atoms with E-state index < -0.39 is 0 Å². The fourth-order valence-corrected chi connectivity index (χ4v) is 5.22. The van der Waals surface area contributed by atoms with Crippen LogP contribution in [0.3, 0.4) is 0 Å². The van der Waals surface area contributed by atoms with Crippen molar-refractivity contribution in [2.24, 2.45) is 11.3 Å². The van der Waals surface area contributed by atoms with Crippen molar-refractivity contribution in [2.45, 2.75) is 64.2 Å². The molecule has 4 rings (SSSR count). The topological polar surface area (TPSA) is 32.8 Å². The minimum absolute atomic E-state index is 0.277. The molecule has 1 aliphatic carbocycles. The molecule has 0 N–H and O–H groups in total. The van der Waals surface area contributed by atoms with Gasteiger partial charge in [0.05, 0.1) is 6.61 Å². The number of hydrogen-bond donors (Lipinski definition) is 0. The van der Waals surface area contributed by atoms with E-state index in [0.29, 0.717) is 18.4 Å². The molecule has 0 radical (unpaired) electrons. The Balaban J connectivity index is 1.42. The maximum Gasteiger partial charge on any atom is 0.222 e. The molecule has 1 saturated heterocycles. The molecule has 0 aromatic heterocycles. The van der Waals surface area contributed by atoms with Gasteiger partial charge in [-0.25, -0.2) is 0 Å². The van der Waals surface area contributed by atoms with Gasteiger partial charge in [0, 0.05) is 26.6 Å². The Bertz CT molecular complexity index is 677. The van der Waals surface area contributed by atoms with E-state index in [1.807, 2.05) is 18.0 Å². The fraction of sp³-hybridized carbons (Fsp3) is 0.720. The molecule has 160 valence electrons. The number of carbonyl (C=O) groups is 1. The fourth-order valence-electron chi connectivity index (χ4n) is 5.22. The average Bonchev–Trinajstić information content (AvgIpc) is 3.54. The van der Waals surface area contributed by atoms with Crippen molar-refractivity contribution >= 4 is 5.91 Å². The number of amides is 1. The summed E-state index contributed by atoms with van der Waals surface area (Å²) in [5.41, 5.74) is 1.63. The van der Waals surface area contributed by atoms with Gasteiger partial charge in [-0.1, -0.05) is 24.6 Å². The van der Waals surface area contributed by atoms with Crippen LogP contribution in [0.25, 0.3) is 0 Å². The highest BCUT2D eigenvalue weighted by Crippen LogP contribution is 2.39. The van der Waals surface area contributed by atoms with Gasteiger partial charge < -0.3 is 14.5 Å². The minimum atomic E-state index is 0.277. The van der Waals surface area contributed by atoms with Crippen LogP contribution in [0.1, 0.15) is 63.4 Å². The van der Waals surface area contributed by atoms with Gasteiger partial charge in [0.1, 0.15) is 5.75 Å². The lowest BCUT2D eigenvalue weighted by molar-refractivity contribution is -0.132. The number of benzene rings is 1. The summed E-state index contributed by atoms with van der Waals surface area (Å²) in [5.74, 6) is 2.26. The molecule has 4 heteroatoms. The number of rotatable bonds is 2. The summed E-state index contributed by atoms with van der Waals surface area (Å²) in [6.07, 6.45) is 11.5. The van der Waals surface area contributed by atoms with Gasteiger partial charge in [-0.15, -0.1) is 0 Å². The summed E-state index contributed by atoms with van der Waals surface area (Å²) < 4.78 is 6.00. The zero-order valence-electron chi connectivity index (χ0n) is 18.2. The van der Waals surface area contributed by atoms with Gasteiger partial charge in [-0.2, -0.15) is 0 Å². The number of ether oxygens (including phenoxy) is 1. The van der Waals surface area contributed by atoms with E-state index in [9.17, 15) is 4.79 Å². The molecule has 2 aliphatic heterocycles. The third-order valence-corrected chi connectivity index (χ3v) is 7.30. The molecule has 1 aromatic rings. The number of piperidine rings is 1. The van der Waals surface area contributed by atoms with Crippen molar-refractivity contribution < 1.29 is 9.53 Å². The maximum absolute atomic E-state index is 12.7. The van der Waals surface area contributed by atoms with E-state index in [0.717, 1.165) is 31.1 Å². The highest BCUT2D eigenvalue weighted by atomic mass is 16.5. The molecular formula is C25H38N2O2. The summed E-state index contributed by atoms with van der Waals surface area (Å²) in [6, 6.07) is 8.44. The molecule has 3 aliphatic rings. The number of hydrogen-bond acceptors (Lipinski definition) is 3. The van der Waals surface area contributed by atoms with Gasteiger partial charge in [-0.3, -0.25) is 4.79 Å². The Morgan fingerprint density at radius 3 is 2.62 bits per heavy atom. The lowest BCUT2D eigenvalue weighted by atomic mass is 9.73. The zero-order chi connectivity index (χ0) is 20.1.